The van der Waals surface area contributed by atoms with Crippen molar-refractivity contribution >= 4 is 29.0 Å². The van der Waals surface area contributed by atoms with E-state index in [2.05, 4.69) is 56.5 Å². The van der Waals surface area contributed by atoms with Gasteiger partial charge in [0, 0.05) is 17.9 Å². The van der Waals surface area contributed by atoms with Gasteiger partial charge in [-0.25, -0.2) is 0 Å². The Morgan fingerprint density at radius 2 is 1.85 bits per heavy atom. The average Bonchev–Trinajstić information content (AvgIpc) is 3.05. The number of rotatable bonds is 5. The van der Waals surface area contributed by atoms with E-state index in [1.54, 1.807) is 0 Å². The Hall–Kier alpha value is -2.27. The van der Waals surface area contributed by atoms with Gasteiger partial charge in [-0.1, -0.05) is 32.0 Å². The second-order valence-corrected chi connectivity index (χ2v) is 7.92. The Morgan fingerprint density at radius 1 is 1.11 bits per heavy atom. The Kier molecular flexibility index (Phi) is 5.61. The van der Waals surface area contributed by atoms with Crippen molar-refractivity contribution < 1.29 is 9.59 Å². The van der Waals surface area contributed by atoms with Gasteiger partial charge >= 0.3 is 0 Å². The molecule has 0 bridgehead atoms. The Bertz CT molecular complexity index is 940. The van der Waals surface area contributed by atoms with Crippen molar-refractivity contribution in [2.24, 2.45) is 0 Å². The number of para-hydroxylation sites is 1. The Balaban J connectivity index is 2.06. The number of hydrogen-bond acceptors (Lipinski definition) is 3. The van der Waals surface area contributed by atoms with E-state index in [-0.39, 0.29) is 11.1 Å². The molecule has 1 fully saturated rings. The van der Waals surface area contributed by atoms with Gasteiger partial charge in [-0.15, -0.1) is 0 Å². The number of nitrogens with zero attached hydrogens (tertiary/aromatic N) is 2. The van der Waals surface area contributed by atoms with Crippen molar-refractivity contribution in [1.29, 1.82) is 0 Å². The minimum Gasteiger partial charge on any atom is -0.317 e. The molecule has 3 rings (SSSR count). The number of carbonyl (C=O) groups excluding carboxylic acids is 2. The highest BCUT2D eigenvalue weighted by atomic mass is 32.2. The maximum atomic E-state index is 12.5. The molecule has 4 nitrogen and oxygen atoms in total. The molecule has 2 heterocycles. The summed E-state index contributed by atoms with van der Waals surface area (Å²) in [4.78, 5) is 26.5. The largest absolute Gasteiger partial charge is 0.317 e. The van der Waals surface area contributed by atoms with Crippen molar-refractivity contribution in [3.8, 4) is 5.69 Å². The highest BCUT2D eigenvalue weighted by molar-refractivity contribution is 8.18. The summed E-state index contributed by atoms with van der Waals surface area (Å²) in [5.74, 6) is -0.179. The molecule has 2 amide bonds. The predicted octanol–water partition coefficient (Wildman–Crippen LogP) is 5.41. The van der Waals surface area contributed by atoms with E-state index < -0.39 is 0 Å². The second kappa shape index (κ2) is 7.77. The molecule has 1 aromatic carbocycles. The lowest BCUT2D eigenvalue weighted by molar-refractivity contribution is -0.122. The summed E-state index contributed by atoms with van der Waals surface area (Å²) >= 11 is 1.04. The molecule has 0 saturated carbocycles. The minimum absolute atomic E-state index is 0.172. The van der Waals surface area contributed by atoms with Crippen LogP contribution in [0.3, 0.4) is 0 Å². The molecule has 0 spiro atoms. The van der Waals surface area contributed by atoms with Crippen LogP contribution in [-0.2, 0) is 11.2 Å². The first-order valence-corrected chi connectivity index (χ1v) is 10.2. The van der Waals surface area contributed by atoms with Crippen LogP contribution in [-0.4, -0.2) is 27.2 Å². The van der Waals surface area contributed by atoms with Gasteiger partial charge in [-0.05, 0) is 74.2 Å². The van der Waals surface area contributed by atoms with Crippen molar-refractivity contribution in [1.82, 2.24) is 9.47 Å². The highest BCUT2D eigenvalue weighted by Gasteiger charge is 2.34. The first-order chi connectivity index (χ1) is 12.9. The Morgan fingerprint density at radius 3 is 2.52 bits per heavy atom. The zero-order chi connectivity index (χ0) is 19.7. The fourth-order valence-corrected chi connectivity index (χ4v) is 4.52. The van der Waals surface area contributed by atoms with E-state index in [0.717, 1.165) is 41.6 Å². The van der Waals surface area contributed by atoms with E-state index >= 15 is 0 Å². The molecule has 1 aromatic heterocycles. The number of aryl methyl sites for hydroxylation is 3. The molecule has 0 aliphatic carbocycles. The van der Waals surface area contributed by atoms with Gasteiger partial charge in [0.25, 0.3) is 11.1 Å². The summed E-state index contributed by atoms with van der Waals surface area (Å²) in [5.41, 5.74) is 6.93. The molecule has 27 heavy (non-hydrogen) atoms. The van der Waals surface area contributed by atoms with Crippen LogP contribution in [0.4, 0.5) is 4.79 Å². The summed E-state index contributed by atoms with van der Waals surface area (Å²) in [7, 11) is 0. The van der Waals surface area contributed by atoms with Crippen LogP contribution in [0.5, 0.6) is 0 Å². The number of imide groups is 1. The van der Waals surface area contributed by atoms with Crippen LogP contribution in [0.1, 0.15) is 48.3 Å². The molecular formula is C22H26N2O2S. The fraction of sp³-hybridized carbons (Fsp3) is 0.364. The van der Waals surface area contributed by atoms with Gasteiger partial charge in [0.15, 0.2) is 0 Å². The summed E-state index contributed by atoms with van der Waals surface area (Å²) in [5, 5.41) is -0.172. The number of carbonyl (C=O) groups is 2. The van der Waals surface area contributed by atoms with Crippen molar-refractivity contribution in [3.63, 3.8) is 0 Å². The molecule has 5 heteroatoms. The fourth-order valence-electron chi connectivity index (χ4n) is 3.66. The summed E-state index contributed by atoms with van der Waals surface area (Å²) in [6, 6.07) is 8.48. The van der Waals surface area contributed by atoms with E-state index in [0.29, 0.717) is 11.4 Å². The average molecular weight is 383 g/mol. The van der Waals surface area contributed by atoms with Crippen LogP contribution in [0.2, 0.25) is 0 Å². The lowest BCUT2D eigenvalue weighted by Crippen LogP contribution is -2.28. The number of amides is 2. The maximum absolute atomic E-state index is 12.5. The molecule has 0 N–H and O–H groups in total. The molecule has 1 aliphatic heterocycles. The first kappa shape index (κ1) is 19.5. The van der Waals surface area contributed by atoms with Crippen LogP contribution in [0.25, 0.3) is 11.8 Å². The lowest BCUT2D eigenvalue weighted by Gasteiger charge is -2.17. The van der Waals surface area contributed by atoms with Crippen LogP contribution >= 0.6 is 11.8 Å². The van der Waals surface area contributed by atoms with Crippen molar-refractivity contribution in [2.75, 3.05) is 6.54 Å². The summed E-state index contributed by atoms with van der Waals surface area (Å²) in [6.45, 7) is 10.9. The van der Waals surface area contributed by atoms with Crippen molar-refractivity contribution in [2.45, 2.75) is 47.5 Å². The number of aromatic nitrogens is 1. The molecule has 142 valence electrons. The van der Waals surface area contributed by atoms with Gasteiger partial charge in [0.1, 0.15) is 0 Å². The maximum Gasteiger partial charge on any atom is 0.293 e. The lowest BCUT2D eigenvalue weighted by atomic mass is 10.1. The topological polar surface area (TPSA) is 42.3 Å². The summed E-state index contributed by atoms with van der Waals surface area (Å²) in [6.07, 6.45) is 3.59. The third kappa shape index (κ3) is 3.48. The number of benzene rings is 1. The van der Waals surface area contributed by atoms with Gasteiger partial charge in [-0.3, -0.25) is 14.5 Å². The number of hydrogen-bond donors (Lipinski definition) is 0. The van der Waals surface area contributed by atoms with Crippen LogP contribution < -0.4 is 0 Å². The van der Waals surface area contributed by atoms with Crippen LogP contribution in [0, 0.1) is 20.8 Å². The van der Waals surface area contributed by atoms with Gasteiger partial charge in [0.2, 0.25) is 0 Å². The third-order valence-corrected chi connectivity index (χ3v) is 5.91. The monoisotopic (exact) mass is 382 g/mol. The van der Waals surface area contributed by atoms with Gasteiger partial charge < -0.3 is 4.57 Å². The Labute approximate surface area is 165 Å². The standard InChI is InChI=1S/C22H26N2O2S/c1-6-11-23-21(25)19(27-22(23)26)13-18-12-15(4)24(16(18)5)20-14(3)9-8-10-17(20)7-2/h8-10,12-13H,6-7,11H2,1-5H3/b19-13-. The SMILES string of the molecule is CCCN1C(=O)S/C(=C\c2cc(C)n(-c3c(C)cccc3CC)c2C)C1=O. The highest BCUT2D eigenvalue weighted by Crippen LogP contribution is 2.34. The first-order valence-electron chi connectivity index (χ1n) is 9.42. The molecule has 2 aromatic rings. The summed E-state index contributed by atoms with van der Waals surface area (Å²) < 4.78 is 2.26. The quantitative estimate of drug-likeness (QED) is 0.649. The predicted molar refractivity (Wildman–Crippen MR) is 112 cm³/mol. The second-order valence-electron chi connectivity index (χ2n) is 6.93. The van der Waals surface area contributed by atoms with Gasteiger partial charge in [0.05, 0.1) is 10.6 Å². The molecule has 0 atom stereocenters. The van der Waals surface area contributed by atoms with Gasteiger partial charge in [-0.2, -0.15) is 0 Å². The zero-order valence-corrected chi connectivity index (χ0v) is 17.4. The smallest absolute Gasteiger partial charge is 0.293 e. The van der Waals surface area contributed by atoms with E-state index in [9.17, 15) is 9.59 Å². The minimum atomic E-state index is -0.179. The molecule has 0 unspecified atom stereocenters. The van der Waals surface area contributed by atoms with E-state index in [4.69, 9.17) is 0 Å². The van der Waals surface area contributed by atoms with E-state index in [1.807, 2.05) is 13.0 Å². The number of thioether (sulfide) groups is 1. The molecule has 0 radical (unpaired) electrons. The van der Waals surface area contributed by atoms with Crippen LogP contribution in [0.15, 0.2) is 29.2 Å². The zero-order valence-electron chi connectivity index (χ0n) is 16.6. The normalized spacial score (nSPS) is 16.0. The van der Waals surface area contributed by atoms with Crippen molar-refractivity contribution in [3.05, 3.63) is 57.2 Å². The third-order valence-electron chi connectivity index (χ3n) is 5.00. The molecular weight excluding hydrogens is 356 g/mol. The molecule has 1 saturated heterocycles. The molecule has 1 aliphatic rings. The van der Waals surface area contributed by atoms with E-state index in [1.165, 1.54) is 21.7 Å².